The van der Waals surface area contributed by atoms with Gasteiger partial charge in [-0.15, -0.1) is 0 Å². The summed E-state index contributed by atoms with van der Waals surface area (Å²) in [5, 5.41) is 5.05. The van der Waals surface area contributed by atoms with Crippen molar-refractivity contribution < 1.29 is 66.0 Å². The van der Waals surface area contributed by atoms with Crippen LogP contribution in [-0.4, -0.2) is 123 Å². The van der Waals surface area contributed by atoms with Crippen molar-refractivity contribution in [1.82, 2.24) is 10.6 Å². The van der Waals surface area contributed by atoms with Gasteiger partial charge >= 0.3 is 0 Å². The number of hydrogen-bond donors (Lipinski definition) is 6. The normalized spacial score (nSPS) is 18.8. The number of carbonyl (C=O) groups excluding carboxylic acids is 2. The van der Waals surface area contributed by atoms with Crippen molar-refractivity contribution in [3.63, 3.8) is 0 Å². The highest BCUT2D eigenvalue weighted by Gasteiger charge is 2.50. The van der Waals surface area contributed by atoms with Crippen LogP contribution in [-0.2, 0) is 60.9 Å². The third-order valence-electron chi connectivity index (χ3n) is 12.7. The Morgan fingerprint density at radius 1 is 0.573 bits per heavy atom. The van der Waals surface area contributed by atoms with Gasteiger partial charge in [-0.2, -0.15) is 38.2 Å². The maximum atomic E-state index is 12.4. The summed E-state index contributed by atoms with van der Waals surface area (Å²) in [6.45, 7) is 4.57. The lowest BCUT2D eigenvalue weighted by Gasteiger charge is -2.31. The summed E-state index contributed by atoms with van der Waals surface area (Å²) in [7, 11) is -16.8. The molecule has 2 aromatic carbocycles. The number of nitrogens with zero attached hydrogens (tertiary/aromatic N) is 2. The number of amides is 2. The van der Waals surface area contributed by atoms with Crippen LogP contribution >= 0.6 is 136 Å². The average Bonchev–Trinajstić information content (AvgIpc) is 3.64. The Hall–Kier alpha value is -0.170. The molecule has 18 nitrogen and oxygen atoms in total. The fourth-order valence-corrected chi connectivity index (χ4v) is 16.3. The molecule has 0 radical (unpaired) electrons. The Morgan fingerprint density at radius 3 is 1.57 bits per heavy atom. The van der Waals surface area contributed by atoms with Gasteiger partial charge < -0.3 is 15.5 Å². The van der Waals surface area contributed by atoms with Gasteiger partial charge in [0.1, 0.15) is 6.54 Å². The predicted molar refractivity (Wildman–Crippen MR) is 344 cm³/mol. The SMILES string of the molecule is CC1(CCCCCC(=O)NCCS(=O)(=O)O)C(/C=C/C=C/C=C/C=C2\N(CCCS(=O)(=O)O)c3cc(I)c(I)c(I)c3C2(C)CCCCCC(=O)NCCS(=O)(=O)O)=[N+](CCCS(=O)(=O)O)c2cc(I)c(I)c(I)c21. The molecule has 6 N–H and O–H groups in total. The smallest absolute Gasteiger partial charge is 0.266 e. The topological polar surface area (TPSA) is 282 Å². The summed E-state index contributed by atoms with van der Waals surface area (Å²) in [5.74, 6) is -2.59. The van der Waals surface area contributed by atoms with Crippen molar-refractivity contribution in [3.05, 3.63) is 92.9 Å². The van der Waals surface area contributed by atoms with Gasteiger partial charge in [-0.1, -0.05) is 56.1 Å². The van der Waals surface area contributed by atoms with Gasteiger partial charge in [-0.05, 0) is 194 Å². The minimum absolute atomic E-state index is 0.164. The highest BCUT2D eigenvalue weighted by Crippen LogP contribution is 2.54. The van der Waals surface area contributed by atoms with Crippen LogP contribution in [0.2, 0.25) is 0 Å². The van der Waals surface area contributed by atoms with E-state index in [2.05, 4.69) is 182 Å². The van der Waals surface area contributed by atoms with E-state index in [1.54, 1.807) is 0 Å². The van der Waals surface area contributed by atoms with E-state index in [1.807, 2.05) is 42.5 Å². The minimum atomic E-state index is -4.23. The van der Waals surface area contributed by atoms with Crippen molar-refractivity contribution in [3.8, 4) is 0 Å². The van der Waals surface area contributed by atoms with Gasteiger partial charge in [0, 0.05) is 94.8 Å². The number of anilines is 1. The zero-order valence-corrected chi connectivity index (χ0v) is 57.2. The molecule has 2 aliphatic heterocycles. The molecule has 0 saturated heterocycles. The van der Waals surface area contributed by atoms with Gasteiger partial charge in [0.05, 0.1) is 34.0 Å². The van der Waals surface area contributed by atoms with Crippen molar-refractivity contribution in [2.24, 2.45) is 0 Å². The van der Waals surface area contributed by atoms with Crippen molar-refractivity contribution >= 4 is 205 Å². The first kappa shape index (κ1) is 67.3. The zero-order chi connectivity index (χ0) is 56.2. The molecule has 0 spiro atoms. The number of halogens is 6. The first-order chi connectivity index (χ1) is 34.8. The molecule has 28 heteroatoms. The monoisotopic (exact) mass is 1790 g/mol. The van der Waals surface area contributed by atoms with Crippen LogP contribution < -0.4 is 15.5 Å². The van der Waals surface area contributed by atoms with Gasteiger partial charge in [0.25, 0.3) is 40.5 Å². The lowest BCUT2D eigenvalue weighted by atomic mass is 9.75. The quantitative estimate of drug-likeness (QED) is 0.0106. The van der Waals surface area contributed by atoms with Crippen LogP contribution in [0.3, 0.4) is 0 Å². The van der Waals surface area contributed by atoms with E-state index >= 15 is 0 Å². The lowest BCUT2D eigenvalue weighted by molar-refractivity contribution is -0.437. The molecule has 2 amide bonds. The van der Waals surface area contributed by atoms with Gasteiger partial charge in [0.15, 0.2) is 5.71 Å². The molecule has 2 atom stereocenters. The molecule has 75 heavy (non-hydrogen) atoms. The van der Waals surface area contributed by atoms with E-state index in [9.17, 15) is 52.4 Å². The van der Waals surface area contributed by atoms with Crippen molar-refractivity contribution in [2.45, 2.75) is 102 Å². The van der Waals surface area contributed by atoms with Crippen molar-refractivity contribution in [2.75, 3.05) is 54.1 Å². The van der Waals surface area contributed by atoms with Crippen molar-refractivity contribution in [1.29, 1.82) is 0 Å². The molecule has 2 aliphatic rings. The summed E-state index contributed by atoms with van der Waals surface area (Å²) in [6.07, 6.45) is 19.5. The standard InChI is InChI=1S/C47H60I6N4O14S4/c1-46(20-12-6-10-18-38(58)54-22-28-74(66,67)68)36(56(24-14-26-72(60,61)62)34-30-32(48)42(50)44(52)40(34)46)16-8-4-3-5-9-17-37-47(2,21-13-7-11-19-39(59)55-23-29-75(69,70)71)41-35(31-33(49)43(51)45(41)53)57(37)25-15-27-73(63,64)65/h3-5,8-9,16-17,30-31H,6-7,10-15,18-29H2,1-2H3,(H5-,54,55,58,59,60,61,62,63,64,65,66,67,68,69,70,71)/p+1. The third-order valence-corrected chi connectivity index (χ3v) is 26.0. The summed E-state index contributed by atoms with van der Waals surface area (Å²) in [5.41, 5.74) is 4.82. The Labute approximate surface area is 523 Å². The number of fused-ring (bicyclic) bond motifs is 2. The molecule has 0 bridgehead atoms. The maximum Gasteiger partial charge on any atom is 0.266 e. The van der Waals surface area contributed by atoms with Gasteiger partial charge in [0.2, 0.25) is 17.5 Å². The highest BCUT2D eigenvalue weighted by atomic mass is 127. The fraction of sp³-hybridized carbons (Fsp3) is 0.511. The molecule has 2 unspecified atom stereocenters. The summed E-state index contributed by atoms with van der Waals surface area (Å²) in [6, 6.07) is 4.19. The largest absolute Gasteiger partial charge is 0.355 e. The van der Waals surface area contributed by atoms with Crippen LogP contribution in [0.25, 0.3) is 0 Å². The Balaban J connectivity index is 1.66. The molecule has 0 aromatic heterocycles. The summed E-state index contributed by atoms with van der Waals surface area (Å²) in [4.78, 5) is 26.9. The number of unbranched alkanes of at least 4 members (excludes halogenated alkanes) is 4. The first-order valence-corrected chi connectivity index (χ1v) is 36.5. The number of hydrogen-bond acceptors (Lipinski definition) is 11. The molecular weight excluding hydrogens is 1730 g/mol. The van der Waals surface area contributed by atoms with Gasteiger partial charge in [-0.3, -0.25) is 27.8 Å². The van der Waals surface area contributed by atoms with E-state index in [0.29, 0.717) is 51.6 Å². The van der Waals surface area contributed by atoms with E-state index in [0.717, 1.165) is 68.2 Å². The first-order valence-electron chi connectivity index (χ1n) is 23.6. The second kappa shape index (κ2) is 29.7. The van der Waals surface area contributed by atoms with E-state index in [-0.39, 0.29) is 50.6 Å². The second-order valence-electron chi connectivity index (χ2n) is 18.5. The third kappa shape index (κ3) is 20.6. The molecule has 0 aliphatic carbocycles. The second-order valence-corrected chi connectivity index (χ2v) is 31.4. The molecule has 418 valence electrons. The van der Waals surface area contributed by atoms with Crippen LogP contribution in [0.5, 0.6) is 0 Å². The summed E-state index contributed by atoms with van der Waals surface area (Å²) >= 11 is 14.0. The zero-order valence-electron chi connectivity index (χ0n) is 41.0. The lowest BCUT2D eigenvalue weighted by Crippen LogP contribution is -2.32. The maximum absolute atomic E-state index is 12.4. The van der Waals surface area contributed by atoms with E-state index in [4.69, 9.17) is 9.11 Å². The molecular formula is C47H61I6N4O14S4+. The number of allylic oxidation sites excluding steroid dienone is 8. The molecule has 2 heterocycles. The minimum Gasteiger partial charge on any atom is -0.355 e. The highest BCUT2D eigenvalue weighted by molar-refractivity contribution is 14.1. The average molecular weight is 1800 g/mol. The van der Waals surface area contributed by atoms with E-state index < -0.39 is 74.3 Å². The Bertz CT molecular complexity index is 3080. The number of nitrogens with one attached hydrogen (secondary N) is 2. The Morgan fingerprint density at radius 2 is 1.04 bits per heavy atom. The summed E-state index contributed by atoms with van der Waals surface area (Å²) < 4.78 is 138. The van der Waals surface area contributed by atoms with E-state index in [1.165, 1.54) is 0 Å². The van der Waals surface area contributed by atoms with Crippen LogP contribution in [0.4, 0.5) is 11.4 Å². The van der Waals surface area contributed by atoms with Crippen LogP contribution in [0, 0.1) is 21.4 Å². The predicted octanol–water partition coefficient (Wildman–Crippen LogP) is 9.47. The fourth-order valence-electron chi connectivity index (χ4n) is 9.28. The number of carbonyl (C=O) groups is 2. The number of rotatable bonds is 30. The molecule has 4 rings (SSSR count). The number of benzene rings is 2. The molecule has 0 fully saturated rings. The Kier molecular flexibility index (Phi) is 26.7. The van der Waals surface area contributed by atoms with Crippen LogP contribution in [0.15, 0.2) is 60.4 Å². The van der Waals surface area contributed by atoms with Gasteiger partial charge in [-0.25, -0.2) is 0 Å². The molecule has 0 saturated carbocycles. The molecule has 2 aromatic rings. The van der Waals surface area contributed by atoms with Crippen LogP contribution in [0.1, 0.15) is 102 Å².